The second kappa shape index (κ2) is 7.31. The summed E-state index contributed by atoms with van der Waals surface area (Å²) < 4.78 is 34.7. The second-order valence-electron chi connectivity index (χ2n) is 6.84. The highest BCUT2D eigenvalue weighted by Gasteiger charge is 2.29. The predicted octanol–water partition coefficient (Wildman–Crippen LogP) is 1.03. The predicted molar refractivity (Wildman–Crippen MR) is 98.6 cm³/mol. The maximum absolute atomic E-state index is 14.5. The Labute approximate surface area is 160 Å². The number of rotatable bonds is 3. The van der Waals surface area contributed by atoms with Crippen molar-refractivity contribution in [2.45, 2.75) is 12.8 Å². The lowest BCUT2D eigenvalue weighted by Gasteiger charge is -2.28. The van der Waals surface area contributed by atoms with E-state index in [2.05, 4.69) is 4.98 Å². The number of benzene rings is 1. The van der Waals surface area contributed by atoms with Crippen molar-refractivity contribution < 1.29 is 18.3 Å². The maximum Gasteiger partial charge on any atom is 0.291 e. The normalized spacial score (nSPS) is 16.4. The Kier molecular flexibility index (Phi) is 4.84. The molecule has 0 aliphatic carbocycles. The molecule has 3 heterocycles. The van der Waals surface area contributed by atoms with Crippen LogP contribution in [0.15, 0.2) is 23.0 Å². The van der Waals surface area contributed by atoms with Crippen LogP contribution in [-0.2, 0) is 29.4 Å². The lowest BCUT2D eigenvalue weighted by Crippen LogP contribution is -2.40. The van der Waals surface area contributed by atoms with E-state index in [0.717, 1.165) is 4.57 Å². The van der Waals surface area contributed by atoms with Crippen LogP contribution in [0.1, 0.15) is 11.4 Å². The van der Waals surface area contributed by atoms with Gasteiger partial charge in [-0.05, 0) is 18.6 Å². The third-order valence-electron chi connectivity index (χ3n) is 5.20. The Morgan fingerprint density at radius 3 is 2.71 bits per heavy atom. The third kappa shape index (κ3) is 3.15. The molecule has 0 radical (unpaired) electrons. The average Bonchev–Trinajstić information content (AvgIpc) is 3.15. The maximum atomic E-state index is 14.5. The number of carbonyl (C=O) groups is 1. The molecule has 148 valence electrons. The van der Waals surface area contributed by atoms with Gasteiger partial charge in [0.25, 0.3) is 5.56 Å². The first kappa shape index (κ1) is 18.5. The molecule has 2 aromatic rings. The molecule has 1 aromatic heterocycles. The third-order valence-corrected chi connectivity index (χ3v) is 5.20. The van der Waals surface area contributed by atoms with E-state index in [0.29, 0.717) is 50.5 Å². The Bertz CT molecular complexity index is 986. The summed E-state index contributed by atoms with van der Waals surface area (Å²) in [5.41, 5.74) is 0.212. The van der Waals surface area contributed by atoms with E-state index >= 15 is 0 Å². The van der Waals surface area contributed by atoms with Crippen LogP contribution >= 0.6 is 0 Å². The van der Waals surface area contributed by atoms with Crippen molar-refractivity contribution >= 4 is 17.4 Å². The second-order valence-corrected chi connectivity index (χ2v) is 6.84. The van der Waals surface area contributed by atoms with E-state index in [4.69, 9.17) is 4.74 Å². The van der Waals surface area contributed by atoms with Crippen LogP contribution in [0.2, 0.25) is 0 Å². The van der Waals surface area contributed by atoms with E-state index < -0.39 is 11.4 Å². The summed E-state index contributed by atoms with van der Waals surface area (Å²) in [7, 11) is 1.39. The molecule has 0 spiro atoms. The van der Waals surface area contributed by atoms with Gasteiger partial charge < -0.3 is 14.5 Å². The lowest BCUT2D eigenvalue weighted by molar-refractivity contribution is -0.118. The van der Waals surface area contributed by atoms with Gasteiger partial charge in [0.05, 0.1) is 19.6 Å². The molecule has 1 saturated heterocycles. The van der Waals surface area contributed by atoms with Crippen molar-refractivity contribution in [3.05, 3.63) is 51.6 Å². The largest absolute Gasteiger partial charge is 0.378 e. The van der Waals surface area contributed by atoms with Crippen LogP contribution in [0.3, 0.4) is 0 Å². The number of halogens is 2. The number of anilines is 2. The van der Waals surface area contributed by atoms with E-state index in [-0.39, 0.29) is 29.8 Å². The van der Waals surface area contributed by atoms with Crippen LogP contribution in [0.4, 0.5) is 20.3 Å². The van der Waals surface area contributed by atoms with E-state index in [1.165, 1.54) is 18.0 Å². The summed E-state index contributed by atoms with van der Waals surface area (Å²) >= 11 is 0. The quantitative estimate of drug-likeness (QED) is 0.783. The summed E-state index contributed by atoms with van der Waals surface area (Å²) in [6.07, 6.45) is 0.252. The zero-order chi connectivity index (χ0) is 19.8. The molecule has 9 heteroatoms. The van der Waals surface area contributed by atoms with Gasteiger partial charge in [-0.3, -0.25) is 14.2 Å². The molecule has 0 bridgehead atoms. The van der Waals surface area contributed by atoms with Gasteiger partial charge in [0.2, 0.25) is 11.7 Å². The number of hydrogen-bond acceptors (Lipinski definition) is 5. The summed E-state index contributed by atoms with van der Waals surface area (Å²) in [6, 6.07) is 4.62. The number of carbonyl (C=O) groups excluding carboxylic acids is 1. The van der Waals surface area contributed by atoms with Gasteiger partial charge in [-0.15, -0.1) is 0 Å². The molecule has 0 unspecified atom stereocenters. The molecule has 28 heavy (non-hydrogen) atoms. The minimum atomic E-state index is -0.936. The van der Waals surface area contributed by atoms with Crippen molar-refractivity contribution in [1.82, 2.24) is 9.55 Å². The molecule has 7 nitrogen and oxygen atoms in total. The first-order chi connectivity index (χ1) is 13.5. The van der Waals surface area contributed by atoms with Gasteiger partial charge in [0.1, 0.15) is 11.6 Å². The van der Waals surface area contributed by atoms with Gasteiger partial charge in [-0.25, -0.2) is 9.37 Å². The number of fused-ring (bicyclic) bond motifs is 1. The fraction of sp³-hybridized carbons (Fsp3) is 0.421. The van der Waals surface area contributed by atoms with Gasteiger partial charge in [-0.1, -0.05) is 6.07 Å². The molecule has 2 aliphatic rings. The van der Waals surface area contributed by atoms with E-state index in [1.54, 1.807) is 17.0 Å². The summed E-state index contributed by atoms with van der Waals surface area (Å²) in [4.78, 5) is 32.6. The molecule has 0 saturated carbocycles. The Balaban J connectivity index is 1.63. The van der Waals surface area contributed by atoms with Crippen molar-refractivity contribution in [1.29, 1.82) is 0 Å². The van der Waals surface area contributed by atoms with Crippen LogP contribution in [0, 0.1) is 11.6 Å². The van der Waals surface area contributed by atoms with E-state index in [9.17, 15) is 18.4 Å². The first-order valence-electron chi connectivity index (χ1n) is 9.13. The topological polar surface area (TPSA) is 67.7 Å². The fourth-order valence-electron chi connectivity index (χ4n) is 3.63. The molecule has 1 aromatic carbocycles. The van der Waals surface area contributed by atoms with E-state index in [1.807, 2.05) is 0 Å². The number of aromatic nitrogens is 2. The Hall–Kier alpha value is -2.81. The zero-order valence-corrected chi connectivity index (χ0v) is 15.5. The first-order valence-corrected chi connectivity index (χ1v) is 9.13. The molecular formula is C19H20F2N4O3. The number of ether oxygens (including phenoxy) is 1. The van der Waals surface area contributed by atoms with Crippen LogP contribution < -0.4 is 15.4 Å². The molecule has 1 fully saturated rings. The van der Waals surface area contributed by atoms with Crippen molar-refractivity contribution in [3.63, 3.8) is 0 Å². The minimum absolute atomic E-state index is 0.0536. The molecule has 0 atom stereocenters. The smallest absolute Gasteiger partial charge is 0.291 e. The van der Waals surface area contributed by atoms with Gasteiger partial charge in [0, 0.05) is 37.9 Å². The van der Waals surface area contributed by atoms with Crippen molar-refractivity contribution in [2.75, 3.05) is 42.6 Å². The van der Waals surface area contributed by atoms with Crippen LogP contribution in [0.5, 0.6) is 0 Å². The summed E-state index contributed by atoms with van der Waals surface area (Å²) in [5.74, 6) is -1.47. The zero-order valence-electron chi connectivity index (χ0n) is 15.5. The number of nitrogens with zero attached hydrogens (tertiary/aromatic N) is 4. The number of amides is 1. The Morgan fingerprint density at radius 1 is 1.21 bits per heavy atom. The minimum Gasteiger partial charge on any atom is -0.378 e. The van der Waals surface area contributed by atoms with Gasteiger partial charge >= 0.3 is 0 Å². The van der Waals surface area contributed by atoms with Crippen LogP contribution in [0.25, 0.3) is 0 Å². The monoisotopic (exact) mass is 390 g/mol. The Morgan fingerprint density at radius 2 is 1.96 bits per heavy atom. The lowest BCUT2D eigenvalue weighted by atomic mass is 10.1. The highest BCUT2D eigenvalue weighted by Crippen LogP contribution is 2.30. The highest BCUT2D eigenvalue weighted by molar-refractivity contribution is 5.96. The number of hydrogen-bond donors (Lipinski definition) is 0. The van der Waals surface area contributed by atoms with Crippen molar-refractivity contribution in [3.8, 4) is 0 Å². The average molecular weight is 390 g/mol. The standard InChI is InChI=1S/C19H20F2N4O3/c1-23-15(22-18(17(21)19(23)27)24-7-9-28-10-8-24)11-16(26)25-6-5-12-13(20)3-2-4-14(12)25/h2-4H,5-11H2,1H3. The van der Waals surface area contributed by atoms with Gasteiger partial charge in [0.15, 0.2) is 5.82 Å². The molecule has 1 amide bonds. The SMILES string of the molecule is Cn1c(CC(=O)N2CCc3c(F)cccc32)nc(N2CCOCC2)c(F)c1=O. The fourth-order valence-corrected chi connectivity index (χ4v) is 3.63. The summed E-state index contributed by atoms with van der Waals surface area (Å²) in [6.45, 7) is 2.04. The number of morpholine rings is 1. The molecule has 2 aliphatic heterocycles. The van der Waals surface area contributed by atoms with Gasteiger partial charge in [-0.2, -0.15) is 4.39 Å². The molecular weight excluding hydrogens is 370 g/mol. The van der Waals surface area contributed by atoms with Crippen LogP contribution in [-0.4, -0.2) is 48.3 Å². The molecule has 0 N–H and O–H groups in total. The highest BCUT2D eigenvalue weighted by atomic mass is 19.1. The summed E-state index contributed by atoms with van der Waals surface area (Å²) in [5, 5.41) is 0. The molecule has 4 rings (SSSR count). The van der Waals surface area contributed by atoms with Crippen molar-refractivity contribution in [2.24, 2.45) is 7.05 Å².